The van der Waals surface area contributed by atoms with Crippen LogP contribution in [0.4, 0.5) is 10.1 Å². The van der Waals surface area contributed by atoms with E-state index in [2.05, 4.69) is 5.32 Å². The zero-order chi connectivity index (χ0) is 19.4. The number of piperidine rings is 1. The fourth-order valence-corrected chi connectivity index (χ4v) is 5.00. The molecule has 27 heavy (non-hydrogen) atoms. The SMILES string of the molecule is COc1ccc(N[C@H](C)c2ccc(F)cc2)cc1S(=O)(=O)N1CCCCC1. The molecule has 0 amide bonds. The molecule has 1 aliphatic heterocycles. The van der Waals surface area contributed by atoms with Crippen LogP contribution in [0.3, 0.4) is 0 Å². The van der Waals surface area contributed by atoms with Crippen molar-refractivity contribution in [1.82, 2.24) is 4.31 Å². The van der Waals surface area contributed by atoms with Gasteiger partial charge < -0.3 is 10.1 Å². The van der Waals surface area contributed by atoms with Crippen molar-refractivity contribution in [3.8, 4) is 5.75 Å². The first-order valence-corrected chi connectivity index (χ1v) is 10.6. The molecular weight excluding hydrogens is 367 g/mol. The lowest BCUT2D eigenvalue weighted by Crippen LogP contribution is -2.35. The van der Waals surface area contributed by atoms with E-state index in [1.54, 1.807) is 30.3 Å². The van der Waals surface area contributed by atoms with Crippen molar-refractivity contribution in [2.75, 3.05) is 25.5 Å². The highest BCUT2D eigenvalue weighted by molar-refractivity contribution is 7.89. The number of anilines is 1. The Bertz CT molecular complexity index is 879. The highest BCUT2D eigenvalue weighted by Crippen LogP contribution is 2.32. The normalized spacial score (nSPS) is 16.7. The lowest BCUT2D eigenvalue weighted by molar-refractivity contribution is 0.343. The highest BCUT2D eigenvalue weighted by atomic mass is 32.2. The van der Waals surface area contributed by atoms with Crippen LogP contribution in [0, 0.1) is 5.82 Å². The van der Waals surface area contributed by atoms with Gasteiger partial charge in [-0.05, 0) is 55.7 Å². The van der Waals surface area contributed by atoms with Crippen molar-refractivity contribution in [3.05, 3.63) is 53.8 Å². The van der Waals surface area contributed by atoms with E-state index in [9.17, 15) is 12.8 Å². The molecule has 146 valence electrons. The maximum atomic E-state index is 13.1. The molecule has 0 aliphatic carbocycles. The third-order valence-corrected chi connectivity index (χ3v) is 6.77. The predicted octanol–water partition coefficient (Wildman–Crippen LogP) is 4.18. The van der Waals surface area contributed by atoms with E-state index in [1.165, 1.54) is 23.5 Å². The van der Waals surface area contributed by atoms with Gasteiger partial charge in [0.2, 0.25) is 10.0 Å². The zero-order valence-corrected chi connectivity index (χ0v) is 16.4. The van der Waals surface area contributed by atoms with Crippen LogP contribution in [0.25, 0.3) is 0 Å². The van der Waals surface area contributed by atoms with E-state index in [4.69, 9.17) is 4.74 Å². The number of hydrogen-bond acceptors (Lipinski definition) is 4. The summed E-state index contributed by atoms with van der Waals surface area (Å²) in [5.74, 6) is 0.0471. The van der Waals surface area contributed by atoms with E-state index in [0.29, 0.717) is 24.5 Å². The molecule has 0 aromatic heterocycles. The molecule has 0 spiro atoms. The molecule has 0 bridgehead atoms. The first-order valence-electron chi connectivity index (χ1n) is 9.12. The van der Waals surface area contributed by atoms with Gasteiger partial charge in [-0.3, -0.25) is 0 Å². The lowest BCUT2D eigenvalue weighted by atomic mass is 10.1. The molecule has 3 rings (SSSR count). The third-order valence-electron chi connectivity index (χ3n) is 4.85. The number of nitrogens with zero attached hydrogens (tertiary/aromatic N) is 1. The van der Waals surface area contributed by atoms with E-state index >= 15 is 0 Å². The Balaban J connectivity index is 1.87. The van der Waals surface area contributed by atoms with E-state index < -0.39 is 10.0 Å². The molecule has 0 saturated carbocycles. The summed E-state index contributed by atoms with van der Waals surface area (Å²) in [6, 6.07) is 11.2. The fourth-order valence-electron chi connectivity index (χ4n) is 3.30. The summed E-state index contributed by atoms with van der Waals surface area (Å²) >= 11 is 0. The lowest BCUT2D eigenvalue weighted by Gasteiger charge is -2.27. The summed E-state index contributed by atoms with van der Waals surface area (Å²) in [5.41, 5.74) is 1.58. The minimum Gasteiger partial charge on any atom is -0.495 e. The average Bonchev–Trinajstić information content (AvgIpc) is 2.69. The third kappa shape index (κ3) is 4.42. The molecule has 1 aliphatic rings. The minimum absolute atomic E-state index is 0.107. The minimum atomic E-state index is -3.61. The summed E-state index contributed by atoms with van der Waals surface area (Å²) in [6.07, 6.45) is 2.81. The van der Waals surface area contributed by atoms with Gasteiger partial charge in [-0.15, -0.1) is 0 Å². The molecule has 7 heteroatoms. The Kier molecular flexibility index (Phi) is 6.01. The molecule has 1 atom stereocenters. The van der Waals surface area contributed by atoms with Gasteiger partial charge in [-0.2, -0.15) is 4.31 Å². The van der Waals surface area contributed by atoms with Crippen LogP contribution in [-0.2, 0) is 10.0 Å². The second-order valence-electron chi connectivity index (χ2n) is 6.75. The van der Waals surface area contributed by atoms with Gasteiger partial charge in [0.25, 0.3) is 0 Å². The van der Waals surface area contributed by atoms with Crippen molar-refractivity contribution in [2.45, 2.75) is 37.1 Å². The summed E-state index contributed by atoms with van der Waals surface area (Å²) in [4.78, 5) is 0.170. The maximum absolute atomic E-state index is 13.1. The molecule has 0 radical (unpaired) electrons. The Labute approximate surface area is 160 Å². The molecule has 2 aromatic carbocycles. The van der Waals surface area contributed by atoms with Crippen LogP contribution in [0.15, 0.2) is 47.4 Å². The maximum Gasteiger partial charge on any atom is 0.246 e. The van der Waals surface area contributed by atoms with Crippen molar-refractivity contribution >= 4 is 15.7 Å². The van der Waals surface area contributed by atoms with Gasteiger partial charge in [-0.1, -0.05) is 18.6 Å². The van der Waals surface area contributed by atoms with Crippen LogP contribution < -0.4 is 10.1 Å². The quantitative estimate of drug-likeness (QED) is 0.801. The Morgan fingerprint density at radius 3 is 2.37 bits per heavy atom. The van der Waals surface area contributed by atoms with Crippen LogP contribution in [-0.4, -0.2) is 32.9 Å². The van der Waals surface area contributed by atoms with Gasteiger partial charge >= 0.3 is 0 Å². The van der Waals surface area contributed by atoms with E-state index in [1.807, 2.05) is 6.92 Å². The van der Waals surface area contributed by atoms with Gasteiger partial charge in [0, 0.05) is 24.8 Å². The highest BCUT2D eigenvalue weighted by Gasteiger charge is 2.29. The van der Waals surface area contributed by atoms with E-state index in [0.717, 1.165) is 24.8 Å². The number of benzene rings is 2. The number of sulfonamides is 1. The van der Waals surface area contributed by atoms with Crippen LogP contribution in [0.5, 0.6) is 5.75 Å². The Morgan fingerprint density at radius 2 is 1.74 bits per heavy atom. The number of methoxy groups -OCH3 is 1. The molecule has 2 aromatic rings. The fraction of sp³-hybridized carbons (Fsp3) is 0.400. The average molecular weight is 392 g/mol. The smallest absolute Gasteiger partial charge is 0.246 e. The Hall–Kier alpha value is -2.12. The van der Waals surface area contributed by atoms with Gasteiger partial charge in [0.05, 0.1) is 7.11 Å². The summed E-state index contributed by atoms with van der Waals surface area (Å²) < 4.78 is 46.1. The summed E-state index contributed by atoms with van der Waals surface area (Å²) in [7, 11) is -2.14. The number of nitrogens with one attached hydrogen (secondary N) is 1. The van der Waals surface area contributed by atoms with Crippen molar-refractivity contribution < 1.29 is 17.5 Å². The first kappa shape index (κ1) is 19.6. The number of halogens is 1. The van der Waals surface area contributed by atoms with Gasteiger partial charge in [0.1, 0.15) is 16.5 Å². The number of rotatable bonds is 6. The van der Waals surface area contributed by atoms with Crippen molar-refractivity contribution in [1.29, 1.82) is 0 Å². The van der Waals surface area contributed by atoms with E-state index in [-0.39, 0.29) is 16.8 Å². The largest absolute Gasteiger partial charge is 0.495 e. The Morgan fingerprint density at radius 1 is 1.07 bits per heavy atom. The first-order chi connectivity index (χ1) is 12.9. The molecular formula is C20H25FN2O3S. The van der Waals surface area contributed by atoms with Crippen molar-refractivity contribution in [2.24, 2.45) is 0 Å². The predicted molar refractivity (Wildman–Crippen MR) is 104 cm³/mol. The standard InChI is InChI=1S/C20H25FN2O3S/c1-15(16-6-8-17(21)9-7-16)22-18-10-11-19(26-2)20(14-18)27(24,25)23-12-4-3-5-13-23/h6-11,14-15,22H,3-5,12-13H2,1-2H3/t15-/m1/s1. The number of ether oxygens (including phenoxy) is 1. The molecule has 1 heterocycles. The van der Waals surface area contributed by atoms with Crippen molar-refractivity contribution in [3.63, 3.8) is 0 Å². The second kappa shape index (κ2) is 8.27. The zero-order valence-electron chi connectivity index (χ0n) is 15.6. The molecule has 1 fully saturated rings. The monoisotopic (exact) mass is 392 g/mol. The van der Waals surface area contributed by atoms with Crippen LogP contribution in [0.2, 0.25) is 0 Å². The number of hydrogen-bond donors (Lipinski definition) is 1. The van der Waals surface area contributed by atoms with Crippen LogP contribution in [0.1, 0.15) is 37.8 Å². The summed E-state index contributed by atoms with van der Waals surface area (Å²) in [5, 5.41) is 3.28. The van der Waals surface area contributed by atoms with Gasteiger partial charge in [-0.25, -0.2) is 12.8 Å². The topological polar surface area (TPSA) is 58.6 Å². The van der Waals surface area contributed by atoms with Gasteiger partial charge in [0.15, 0.2) is 0 Å². The molecule has 5 nitrogen and oxygen atoms in total. The summed E-state index contributed by atoms with van der Waals surface area (Å²) in [6.45, 7) is 3.01. The molecule has 0 unspecified atom stereocenters. The molecule has 1 saturated heterocycles. The van der Waals surface area contributed by atoms with Crippen LogP contribution >= 0.6 is 0 Å². The second-order valence-corrected chi connectivity index (χ2v) is 8.65. The molecule has 1 N–H and O–H groups in total.